The number of halogens is 3. The highest BCUT2D eigenvalue weighted by Gasteiger charge is 2.34. The first-order chi connectivity index (χ1) is 4.63. The van der Waals surface area contributed by atoms with Crippen LogP contribution in [-0.4, -0.2) is 15.3 Å². The summed E-state index contributed by atoms with van der Waals surface area (Å²) in [6.07, 6.45) is -4.57. The van der Waals surface area contributed by atoms with E-state index in [2.05, 4.69) is 0 Å². The van der Waals surface area contributed by atoms with Gasteiger partial charge in [0.1, 0.15) is 11.0 Å². The minimum absolute atomic E-state index is 0.893. The van der Waals surface area contributed by atoms with E-state index in [4.69, 9.17) is 0 Å². The van der Waals surface area contributed by atoms with Crippen molar-refractivity contribution in [2.75, 3.05) is 0 Å². The molecule has 0 radical (unpaired) electrons. The molecule has 0 spiro atoms. The van der Waals surface area contributed by atoms with E-state index in [0.717, 1.165) is 4.72 Å². The van der Waals surface area contributed by atoms with Gasteiger partial charge in [-0.3, -0.25) is 0 Å². The predicted molar refractivity (Wildman–Crippen MR) is 37.1 cm³/mol. The second-order valence-corrected chi connectivity index (χ2v) is 4.95. The Kier molecular flexibility index (Phi) is 3.07. The van der Waals surface area contributed by atoms with Crippen molar-refractivity contribution in [1.29, 1.82) is 0 Å². The summed E-state index contributed by atoms with van der Waals surface area (Å²) in [5.41, 5.74) is 0. The normalized spacial score (nSPS) is 16.5. The van der Waals surface area contributed by atoms with Gasteiger partial charge in [-0.1, -0.05) is 0 Å². The lowest BCUT2D eigenvalue weighted by Gasteiger charge is -2.19. The third kappa shape index (κ3) is 5.20. The SMILES string of the molecule is CC(C)(C)S(=O)NC(F)(F)F. The molecule has 1 unspecified atom stereocenters. The number of alkyl halides is 3. The fourth-order valence-corrected chi connectivity index (χ4v) is 0.775. The van der Waals surface area contributed by atoms with E-state index in [0.29, 0.717) is 0 Å². The quantitative estimate of drug-likeness (QED) is 0.623. The molecule has 0 heterocycles. The van der Waals surface area contributed by atoms with Crippen LogP contribution >= 0.6 is 0 Å². The fraction of sp³-hybridized carbons (Fsp3) is 1.00. The van der Waals surface area contributed by atoms with Crippen molar-refractivity contribution in [1.82, 2.24) is 4.72 Å². The van der Waals surface area contributed by atoms with Crippen LogP contribution in [0.3, 0.4) is 0 Å². The number of hydrogen-bond acceptors (Lipinski definition) is 1. The van der Waals surface area contributed by atoms with Gasteiger partial charge < -0.3 is 0 Å². The van der Waals surface area contributed by atoms with E-state index < -0.39 is 22.0 Å². The first kappa shape index (κ1) is 10.9. The largest absolute Gasteiger partial charge is 0.468 e. The van der Waals surface area contributed by atoms with Crippen LogP contribution in [0.1, 0.15) is 20.8 Å². The molecular weight excluding hydrogens is 179 g/mol. The van der Waals surface area contributed by atoms with Crippen LogP contribution in [0, 0.1) is 0 Å². The lowest BCUT2D eigenvalue weighted by molar-refractivity contribution is -0.137. The van der Waals surface area contributed by atoms with E-state index in [-0.39, 0.29) is 0 Å². The Labute approximate surface area is 65.8 Å². The van der Waals surface area contributed by atoms with Crippen molar-refractivity contribution in [2.24, 2.45) is 0 Å². The fourth-order valence-electron chi connectivity index (χ4n) is 0.258. The summed E-state index contributed by atoms with van der Waals surface area (Å²) < 4.78 is 45.5. The van der Waals surface area contributed by atoms with Crippen molar-refractivity contribution in [3.8, 4) is 0 Å². The molecule has 0 saturated carbocycles. The third-order valence-electron chi connectivity index (χ3n) is 0.765. The van der Waals surface area contributed by atoms with E-state index in [1.54, 1.807) is 0 Å². The second kappa shape index (κ2) is 3.10. The zero-order chi connectivity index (χ0) is 9.28. The predicted octanol–water partition coefficient (Wildman–Crippen LogP) is 1.56. The molecule has 0 aliphatic carbocycles. The average molecular weight is 189 g/mol. The van der Waals surface area contributed by atoms with Gasteiger partial charge >= 0.3 is 6.30 Å². The van der Waals surface area contributed by atoms with Gasteiger partial charge in [-0.2, -0.15) is 13.2 Å². The van der Waals surface area contributed by atoms with Crippen molar-refractivity contribution >= 4 is 11.0 Å². The Morgan fingerprint density at radius 2 is 1.55 bits per heavy atom. The van der Waals surface area contributed by atoms with Gasteiger partial charge in [-0.05, 0) is 20.8 Å². The van der Waals surface area contributed by atoms with Crippen molar-refractivity contribution in [2.45, 2.75) is 31.8 Å². The van der Waals surface area contributed by atoms with Crippen LogP contribution in [0.2, 0.25) is 0 Å². The van der Waals surface area contributed by atoms with Gasteiger partial charge in [0.15, 0.2) is 0 Å². The second-order valence-electron chi connectivity index (χ2n) is 2.98. The van der Waals surface area contributed by atoms with Crippen LogP contribution in [0.15, 0.2) is 0 Å². The molecule has 2 nitrogen and oxygen atoms in total. The lowest BCUT2D eigenvalue weighted by atomic mass is 10.3. The van der Waals surface area contributed by atoms with Gasteiger partial charge in [0.05, 0.1) is 4.75 Å². The molecule has 11 heavy (non-hydrogen) atoms. The Bertz CT molecular complexity index is 160. The highest BCUT2D eigenvalue weighted by molar-refractivity contribution is 7.84. The van der Waals surface area contributed by atoms with Gasteiger partial charge in [-0.25, -0.2) is 4.21 Å². The van der Waals surface area contributed by atoms with Gasteiger partial charge in [0, 0.05) is 0 Å². The molecule has 1 N–H and O–H groups in total. The highest BCUT2D eigenvalue weighted by Crippen LogP contribution is 2.16. The maximum Gasteiger partial charge on any atom is 0.468 e. The Balaban J connectivity index is 4.11. The smallest absolute Gasteiger partial charge is 0.242 e. The van der Waals surface area contributed by atoms with Gasteiger partial charge in [0.2, 0.25) is 0 Å². The first-order valence-corrected chi connectivity index (χ1v) is 4.04. The van der Waals surface area contributed by atoms with Gasteiger partial charge in [0.25, 0.3) is 0 Å². The molecule has 0 bridgehead atoms. The van der Waals surface area contributed by atoms with E-state index in [1.165, 1.54) is 20.8 Å². The van der Waals surface area contributed by atoms with Crippen LogP contribution in [0.25, 0.3) is 0 Å². The molecule has 0 aromatic heterocycles. The first-order valence-electron chi connectivity index (χ1n) is 2.89. The van der Waals surface area contributed by atoms with Crippen molar-refractivity contribution in [3.63, 3.8) is 0 Å². The molecular formula is C5H10F3NOS. The Morgan fingerprint density at radius 3 is 1.64 bits per heavy atom. The topological polar surface area (TPSA) is 29.1 Å². The van der Waals surface area contributed by atoms with Crippen molar-refractivity contribution < 1.29 is 17.4 Å². The zero-order valence-corrected chi connectivity index (χ0v) is 7.27. The Morgan fingerprint density at radius 1 is 1.18 bits per heavy atom. The van der Waals surface area contributed by atoms with Crippen LogP contribution in [0.4, 0.5) is 13.2 Å². The number of hydrogen-bond donors (Lipinski definition) is 1. The molecule has 1 atom stereocenters. The highest BCUT2D eigenvalue weighted by atomic mass is 32.2. The summed E-state index contributed by atoms with van der Waals surface area (Å²) >= 11 is 0. The molecule has 0 aliphatic heterocycles. The standard InChI is InChI=1S/C5H10F3NOS/c1-4(2,3)11(10)9-5(6,7)8/h9H,1-3H3. The molecule has 0 saturated heterocycles. The summed E-state index contributed by atoms with van der Waals surface area (Å²) in [7, 11) is -2.08. The van der Waals surface area contributed by atoms with Crippen LogP contribution < -0.4 is 4.72 Å². The number of rotatable bonds is 1. The summed E-state index contributed by atoms with van der Waals surface area (Å²) in [6, 6.07) is 0. The lowest BCUT2D eigenvalue weighted by Crippen LogP contribution is -2.41. The van der Waals surface area contributed by atoms with E-state index >= 15 is 0 Å². The molecule has 68 valence electrons. The monoisotopic (exact) mass is 189 g/mol. The molecule has 0 fully saturated rings. The summed E-state index contributed by atoms with van der Waals surface area (Å²) in [6.45, 7) is 4.38. The van der Waals surface area contributed by atoms with Crippen LogP contribution in [0.5, 0.6) is 0 Å². The van der Waals surface area contributed by atoms with E-state index in [1.807, 2.05) is 0 Å². The Hall–Kier alpha value is -0.100. The minimum atomic E-state index is -4.57. The van der Waals surface area contributed by atoms with Crippen LogP contribution in [-0.2, 0) is 11.0 Å². The maximum atomic E-state index is 11.5. The minimum Gasteiger partial charge on any atom is -0.242 e. The molecule has 0 rings (SSSR count). The summed E-state index contributed by atoms with van der Waals surface area (Å²) in [4.78, 5) is 0. The molecule has 0 aliphatic rings. The maximum absolute atomic E-state index is 11.5. The molecule has 0 aromatic rings. The van der Waals surface area contributed by atoms with Gasteiger partial charge in [-0.15, -0.1) is 4.72 Å². The molecule has 0 aromatic carbocycles. The molecule has 6 heteroatoms. The summed E-state index contributed by atoms with van der Waals surface area (Å²) in [5.74, 6) is 0. The molecule has 0 amide bonds. The zero-order valence-electron chi connectivity index (χ0n) is 6.45. The van der Waals surface area contributed by atoms with E-state index in [9.17, 15) is 17.4 Å². The third-order valence-corrected chi connectivity index (χ3v) is 2.29. The summed E-state index contributed by atoms with van der Waals surface area (Å²) in [5, 5.41) is 0. The number of nitrogens with one attached hydrogen (secondary N) is 1. The van der Waals surface area contributed by atoms with Crippen molar-refractivity contribution in [3.05, 3.63) is 0 Å². The average Bonchev–Trinajstić information content (AvgIpc) is 1.56.